The average Bonchev–Trinajstić information content (AvgIpc) is 3.02. The van der Waals surface area contributed by atoms with Crippen LogP contribution in [-0.4, -0.2) is 48.1 Å². The van der Waals surface area contributed by atoms with E-state index in [0.29, 0.717) is 22.4 Å². The molecule has 1 unspecified atom stereocenters. The van der Waals surface area contributed by atoms with Gasteiger partial charge in [-0.05, 0) is 37.3 Å². The third-order valence-corrected chi connectivity index (χ3v) is 6.13. The van der Waals surface area contributed by atoms with Crippen molar-refractivity contribution >= 4 is 32.4 Å². The van der Waals surface area contributed by atoms with Crippen LogP contribution in [0.2, 0.25) is 0 Å². The Hall–Kier alpha value is -3.16. The van der Waals surface area contributed by atoms with E-state index in [1.807, 2.05) is 6.92 Å². The van der Waals surface area contributed by atoms with Crippen LogP contribution in [0, 0.1) is 6.57 Å². The van der Waals surface area contributed by atoms with Crippen molar-refractivity contribution in [3.05, 3.63) is 58.3 Å². The average molecular weight is 400 g/mol. The van der Waals surface area contributed by atoms with E-state index in [1.165, 1.54) is 32.4 Å². The molecule has 0 radical (unpaired) electrons. The third-order valence-electron chi connectivity index (χ3n) is 4.30. The number of fused-ring (bicyclic) bond motifs is 1. The van der Waals surface area contributed by atoms with Crippen molar-refractivity contribution < 1.29 is 8.42 Å². The molecule has 0 aliphatic heterocycles. The molecule has 146 valence electrons. The molecule has 3 rings (SSSR count). The molecule has 9 nitrogen and oxygen atoms in total. The van der Waals surface area contributed by atoms with Gasteiger partial charge in [0.15, 0.2) is 5.82 Å². The van der Waals surface area contributed by atoms with Crippen LogP contribution in [0.15, 0.2) is 46.2 Å². The van der Waals surface area contributed by atoms with Gasteiger partial charge in [-0.15, -0.1) is 0 Å². The summed E-state index contributed by atoms with van der Waals surface area (Å²) in [6, 6.07) is 7.74. The van der Waals surface area contributed by atoms with Gasteiger partial charge in [0, 0.05) is 26.0 Å². The molecule has 10 heteroatoms. The molecule has 0 bridgehead atoms. The first-order valence-corrected chi connectivity index (χ1v) is 9.92. The second kappa shape index (κ2) is 7.46. The lowest BCUT2D eigenvalue weighted by molar-refractivity contribution is 0.521. The van der Waals surface area contributed by atoms with E-state index in [9.17, 15) is 13.2 Å². The summed E-state index contributed by atoms with van der Waals surface area (Å²) in [5.74, 6) is 0.344. The lowest BCUT2D eigenvalue weighted by atomic mass is 10.2. The zero-order valence-electron chi connectivity index (χ0n) is 15.7. The maximum Gasteiger partial charge on any atom is 0.261 e. The molecule has 2 aromatic heterocycles. The maximum absolute atomic E-state index is 12.3. The quantitative estimate of drug-likeness (QED) is 0.617. The summed E-state index contributed by atoms with van der Waals surface area (Å²) in [5, 5.41) is 7.93. The number of nitrogens with one attached hydrogen (secondary N) is 2. The SMILES string of the molecule is [C-]#[N+]CC(C)n1nc(Nc2ccc(S(=O)(=O)N(C)C)cc2)c2c(=O)[nH]ccc21. The van der Waals surface area contributed by atoms with E-state index in [1.54, 1.807) is 22.9 Å². The van der Waals surface area contributed by atoms with Gasteiger partial charge in [-0.3, -0.25) is 9.48 Å². The van der Waals surface area contributed by atoms with Gasteiger partial charge >= 0.3 is 0 Å². The lowest BCUT2D eigenvalue weighted by Gasteiger charge is -2.12. The summed E-state index contributed by atoms with van der Waals surface area (Å²) in [6.07, 6.45) is 1.54. The van der Waals surface area contributed by atoms with Crippen LogP contribution in [0.25, 0.3) is 15.7 Å². The second-order valence-corrected chi connectivity index (χ2v) is 8.64. The monoisotopic (exact) mass is 400 g/mol. The number of hydrogen-bond acceptors (Lipinski definition) is 5. The number of pyridine rings is 1. The number of sulfonamides is 1. The van der Waals surface area contributed by atoms with Crippen LogP contribution < -0.4 is 10.9 Å². The van der Waals surface area contributed by atoms with E-state index in [0.717, 1.165) is 4.31 Å². The smallest absolute Gasteiger partial charge is 0.261 e. The topological polar surface area (TPSA) is 104 Å². The minimum atomic E-state index is -3.52. The molecule has 0 aliphatic carbocycles. The van der Waals surface area contributed by atoms with Crippen molar-refractivity contribution in [2.75, 3.05) is 26.0 Å². The van der Waals surface area contributed by atoms with E-state index in [-0.39, 0.29) is 23.0 Å². The minimum Gasteiger partial charge on any atom is -0.338 e. The van der Waals surface area contributed by atoms with Crippen LogP contribution in [0.4, 0.5) is 11.5 Å². The van der Waals surface area contributed by atoms with E-state index >= 15 is 0 Å². The molecule has 0 spiro atoms. The number of benzene rings is 1. The molecule has 3 aromatic rings. The van der Waals surface area contributed by atoms with Gasteiger partial charge in [-0.25, -0.2) is 19.3 Å². The van der Waals surface area contributed by atoms with E-state index in [2.05, 4.69) is 20.2 Å². The highest BCUT2D eigenvalue weighted by Gasteiger charge is 2.20. The Balaban J connectivity index is 2.01. The molecule has 0 aliphatic rings. The predicted octanol–water partition coefficient (Wildman–Crippen LogP) is 2.20. The van der Waals surface area contributed by atoms with Crippen molar-refractivity contribution in [1.82, 2.24) is 19.1 Å². The third kappa shape index (κ3) is 3.49. The number of hydrogen-bond donors (Lipinski definition) is 2. The number of nitrogens with zero attached hydrogens (tertiary/aromatic N) is 4. The second-order valence-electron chi connectivity index (χ2n) is 6.49. The first kappa shape index (κ1) is 19.6. The standard InChI is InChI=1S/C18H20N6O3S/c1-12(11-19-2)24-15-9-10-20-18(25)16(15)17(22-24)21-13-5-7-14(8-6-13)28(26,27)23(3)4/h5-10,12H,11H2,1,3-4H3,(H,20,25)(H,21,22). The molecule has 0 saturated carbocycles. The lowest BCUT2D eigenvalue weighted by Crippen LogP contribution is -2.22. The van der Waals surface area contributed by atoms with Crippen molar-refractivity contribution in [2.45, 2.75) is 17.9 Å². The fraction of sp³-hybridized carbons (Fsp3) is 0.278. The molecule has 2 N–H and O–H groups in total. The molecule has 1 aromatic carbocycles. The van der Waals surface area contributed by atoms with E-state index < -0.39 is 10.0 Å². The van der Waals surface area contributed by atoms with Crippen molar-refractivity contribution in [3.63, 3.8) is 0 Å². The van der Waals surface area contributed by atoms with Gasteiger partial charge in [0.2, 0.25) is 16.6 Å². The van der Waals surface area contributed by atoms with E-state index in [4.69, 9.17) is 6.57 Å². The Bertz CT molecular complexity index is 1200. The van der Waals surface area contributed by atoms with Crippen LogP contribution >= 0.6 is 0 Å². The Labute approximate surface area is 162 Å². The number of aromatic nitrogens is 3. The summed E-state index contributed by atoms with van der Waals surface area (Å²) in [5.41, 5.74) is 0.910. The van der Waals surface area contributed by atoms with Crippen LogP contribution in [0.1, 0.15) is 13.0 Å². The van der Waals surface area contributed by atoms with Gasteiger partial charge in [-0.1, -0.05) is 0 Å². The fourth-order valence-corrected chi connectivity index (χ4v) is 3.69. The number of H-pyrrole nitrogens is 1. The zero-order valence-corrected chi connectivity index (χ0v) is 16.5. The Kier molecular flexibility index (Phi) is 5.22. The number of aromatic amines is 1. The maximum atomic E-state index is 12.3. The molecule has 1 atom stereocenters. The minimum absolute atomic E-state index is 0.168. The fourth-order valence-electron chi connectivity index (χ4n) is 2.79. The van der Waals surface area contributed by atoms with Crippen molar-refractivity contribution in [3.8, 4) is 0 Å². The molecule has 28 heavy (non-hydrogen) atoms. The normalized spacial score (nSPS) is 12.8. The highest BCUT2D eigenvalue weighted by Crippen LogP contribution is 2.26. The van der Waals surface area contributed by atoms with Gasteiger partial charge in [0.25, 0.3) is 5.56 Å². The molecular formula is C18H20N6O3S. The van der Waals surface area contributed by atoms with Crippen molar-refractivity contribution in [1.29, 1.82) is 0 Å². The van der Waals surface area contributed by atoms with Crippen molar-refractivity contribution in [2.24, 2.45) is 0 Å². The summed E-state index contributed by atoms with van der Waals surface area (Å²) in [6.45, 7) is 9.16. The van der Waals surface area contributed by atoms with Gasteiger partial charge in [0.1, 0.15) is 11.4 Å². The molecule has 0 fully saturated rings. The van der Waals surface area contributed by atoms with Gasteiger partial charge in [0.05, 0.1) is 10.4 Å². The summed E-state index contributed by atoms with van der Waals surface area (Å²) >= 11 is 0. The highest BCUT2D eigenvalue weighted by molar-refractivity contribution is 7.89. The summed E-state index contributed by atoms with van der Waals surface area (Å²) in [4.78, 5) is 18.6. The van der Waals surface area contributed by atoms with Gasteiger partial charge < -0.3 is 15.1 Å². The van der Waals surface area contributed by atoms with Crippen LogP contribution in [-0.2, 0) is 10.0 Å². The first-order chi connectivity index (χ1) is 13.3. The van der Waals surface area contributed by atoms with Crippen LogP contribution in [0.5, 0.6) is 0 Å². The highest BCUT2D eigenvalue weighted by atomic mass is 32.2. The Morgan fingerprint density at radius 1 is 1.29 bits per heavy atom. The summed E-state index contributed by atoms with van der Waals surface area (Å²) in [7, 11) is -0.580. The first-order valence-electron chi connectivity index (χ1n) is 8.48. The zero-order chi connectivity index (χ0) is 20.5. The summed E-state index contributed by atoms with van der Waals surface area (Å²) < 4.78 is 27.2. The molecule has 0 amide bonds. The number of rotatable bonds is 6. The predicted molar refractivity (Wildman–Crippen MR) is 107 cm³/mol. The number of anilines is 2. The molecule has 2 heterocycles. The Morgan fingerprint density at radius 2 is 1.96 bits per heavy atom. The van der Waals surface area contributed by atoms with Gasteiger partial charge in [-0.2, -0.15) is 5.10 Å². The molecular weight excluding hydrogens is 380 g/mol. The van der Waals surface area contributed by atoms with Crippen LogP contribution in [0.3, 0.4) is 0 Å². The largest absolute Gasteiger partial charge is 0.338 e. The molecule has 0 saturated heterocycles. The Morgan fingerprint density at radius 3 is 2.57 bits per heavy atom.